The molecule has 1 saturated heterocycles. The normalized spacial score (nSPS) is 19.2. The summed E-state index contributed by atoms with van der Waals surface area (Å²) in [5, 5.41) is 6.29. The molecule has 1 amide bonds. The minimum atomic E-state index is -0.0388. The number of nitrogens with one attached hydrogen (secondary N) is 2. The smallest absolute Gasteiger partial charge is 0.221 e. The molecule has 0 aromatic heterocycles. The monoisotopic (exact) mass is 328 g/mol. The van der Waals surface area contributed by atoms with E-state index >= 15 is 0 Å². The lowest BCUT2D eigenvalue weighted by Crippen LogP contribution is -2.43. The molecule has 0 bridgehead atoms. The fraction of sp³-hybridized carbons (Fsp3) is 0.579. The van der Waals surface area contributed by atoms with Gasteiger partial charge in [0.2, 0.25) is 5.91 Å². The molecule has 5 nitrogen and oxygen atoms in total. The first-order valence-electron chi connectivity index (χ1n) is 8.92. The van der Waals surface area contributed by atoms with Crippen molar-refractivity contribution < 1.29 is 4.79 Å². The van der Waals surface area contributed by atoms with Crippen LogP contribution in [0.15, 0.2) is 29.3 Å². The molecule has 1 aromatic rings. The molecule has 1 aromatic carbocycles. The molecule has 0 atom stereocenters. The quantitative estimate of drug-likeness (QED) is 0.660. The fourth-order valence-corrected chi connectivity index (χ4v) is 3.81. The summed E-state index contributed by atoms with van der Waals surface area (Å²) in [6.07, 6.45) is 6.44. The van der Waals surface area contributed by atoms with Crippen LogP contribution >= 0.6 is 0 Å². The van der Waals surface area contributed by atoms with Crippen LogP contribution in [0.25, 0.3) is 0 Å². The number of aliphatic imine (C=N–C) groups is 1. The summed E-state index contributed by atoms with van der Waals surface area (Å²) in [7, 11) is 1.87. The summed E-state index contributed by atoms with van der Waals surface area (Å²) in [4.78, 5) is 17.9. The van der Waals surface area contributed by atoms with Crippen molar-refractivity contribution in [1.82, 2.24) is 10.2 Å². The van der Waals surface area contributed by atoms with E-state index in [-0.39, 0.29) is 5.91 Å². The van der Waals surface area contributed by atoms with Crippen LogP contribution in [0.1, 0.15) is 38.2 Å². The second kappa shape index (κ2) is 7.24. The molecule has 0 unspecified atom stereocenters. The van der Waals surface area contributed by atoms with Crippen LogP contribution in [0.2, 0.25) is 0 Å². The van der Waals surface area contributed by atoms with Crippen molar-refractivity contribution in [2.75, 3.05) is 32.0 Å². The number of hydrogen-bond acceptors (Lipinski definition) is 2. The highest BCUT2D eigenvalue weighted by molar-refractivity contribution is 5.88. The van der Waals surface area contributed by atoms with E-state index in [0.717, 1.165) is 37.7 Å². The summed E-state index contributed by atoms with van der Waals surface area (Å²) >= 11 is 0. The van der Waals surface area contributed by atoms with E-state index in [4.69, 9.17) is 0 Å². The van der Waals surface area contributed by atoms with Crippen LogP contribution in [0.5, 0.6) is 0 Å². The van der Waals surface area contributed by atoms with E-state index in [2.05, 4.69) is 32.7 Å². The van der Waals surface area contributed by atoms with Crippen LogP contribution in [0, 0.1) is 5.41 Å². The van der Waals surface area contributed by atoms with Crippen LogP contribution in [-0.2, 0) is 11.2 Å². The van der Waals surface area contributed by atoms with Gasteiger partial charge < -0.3 is 15.5 Å². The molecule has 5 heteroatoms. The molecule has 0 radical (unpaired) electrons. The molecule has 130 valence electrons. The van der Waals surface area contributed by atoms with Crippen molar-refractivity contribution in [2.24, 2.45) is 10.4 Å². The van der Waals surface area contributed by atoms with Crippen molar-refractivity contribution in [1.29, 1.82) is 0 Å². The third-order valence-corrected chi connectivity index (χ3v) is 5.33. The van der Waals surface area contributed by atoms with Gasteiger partial charge in [0.05, 0.1) is 0 Å². The Bertz CT molecular complexity index is 604. The highest BCUT2D eigenvalue weighted by atomic mass is 16.1. The van der Waals surface area contributed by atoms with Crippen LogP contribution < -0.4 is 10.6 Å². The summed E-state index contributed by atoms with van der Waals surface area (Å²) in [6, 6.07) is 8.03. The lowest BCUT2D eigenvalue weighted by atomic mass is 9.68. The van der Waals surface area contributed by atoms with Crippen molar-refractivity contribution in [3.63, 3.8) is 0 Å². The molecule has 2 aliphatic rings. The van der Waals surface area contributed by atoms with Gasteiger partial charge in [0, 0.05) is 39.3 Å². The average molecular weight is 328 g/mol. The summed E-state index contributed by atoms with van der Waals surface area (Å²) < 4.78 is 0. The molecule has 1 saturated carbocycles. The van der Waals surface area contributed by atoms with Gasteiger partial charge in [0.15, 0.2) is 5.96 Å². The van der Waals surface area contributed by atoms with Gasteiger partial charge in [0.25, 0.3) is 0 Å². The molecule has 3 rings (SSSR count). The van der Waals surface area contributed by atoms with E-state index in [1.807, 2.05) is 19.2 Å². The third kappa shape index (κ3) is 3.89. The molecule has 2 fully saturated rings. The minimum Gasteiger partial charge on any atom is -0.356 e. The molecular weight excluding hydrogens is 300 g/mol. The first kappa shape index (κ1) is 16.8. The van der Waals surface area contributed by atoms with Gasteiger partial charge in [-0.3, -0.25) is 9.79 Å². The Balaban J connectivity index is 1.45. The van der Waals surface area contributed by atoms with Crippen molar-refractivity contribution >= 4 is 17.6 Å². The SMILES string of the molecule is CN=C(NCCc1ccc(NC(C)=O)cc1)N1CCC2(CCC2)C1. The largest absolute Gasteiger partial charge is 0.356 e. The Labute approximate surface area is 144 Å². The maximum atomic E-state index is 11.0. The number of anilines is 1. The summed E-state index contributed by atoms with van der Waals surface area (Å²) in [5.74, 6) is 0.997. The Morgan fingerprint density at radius 2 is 2.00 bits per heavy atom. The van der Waals surface area contributed by atoms with Gasteiger partial charge in [0.1, 0.15) is 0 Å². The van der Waals surface area contributed by atoms with Gasteiger partial charge in [-0.2, -0.15) is 0 Å². The molecule has 2 N–H and O–H groups in total. The highest BCUT2D eigenvalue weighted by Gasteiger charge is 2.43. The molecule has 1 aliphatic carbocycles. The van der Waals surface area contributed by atoms with Gasteiger partial charge in [-0.15, -0.1) is 0 Å². The molecular formula is C19H28N4O. The van der Waals surface area contributed by atoms with Crippen LogP contribution in [0.3, 0.4) is 0 Å². The standard InChI is InChI=1S/C19H28N4O/c1-15(24)22-17-6-4-16(5-7-17)8-12-21-18(20-2)23-13-11-19(14-23)9-3-10-19/h4-7H,3,8-14H2,1-2H3,(H,20,21)(H,22,24). The Kier molecular flexibility index (Phi) is 5.07. The van der Waals surface area contributed by atoms with Gasteiger partial charge in [-0.05, 0) is 48.8 Å². The number of benzene rings is 1. The molecule has 1 aliphatic heterocycles. The Morgan fingerprint density at radius 1 is 1.25 bits per heavy atom. The van der Waals surface area contributed by atoms with E-state index in [9.17, 15) is 4.79 Å². The van der Waals surface area contributed by atoms with Gasteiger partial charge in [-0.1, -0.05) is 18.6 Å². The second-order valence-electron chi connectivity index (χ2n) is 7.13. The second-order valence-corrected chi connectivity index (χ2v) is 7.13. The molecule has 1 spiro atoms. The molecule has 1 heterocycles. The number of nitrogens with zero attached hydrogens (tertiary/aromatic N) is 2. The Morgan fingerprint density at radius 3 is 2.54 bits per heavy atom. The van der Waals surface area contributed by atoms with Gasteiger partial charge in [-0.25, -0.2) is 0 Å². The number of guanidine groups is 1. The van der Waals surface area contributed by atoms with E-state index in [1.165, 1.54) is 38.2 Å². The minimum absolute atomic E-state index is 0.0388. The van der Waals surface area contributed by atoms with E-state index in [0.29, 0.717) is 5.41 Å². The maximum Gasteiger partial charge on any atom is 0.221 e. The number of rotatable bonds is 4. The summed E-state index contributed by atoms with van der Waals surface area (Å²) in [5.41, 5.74) is 2.69. The lowest BCUT2D eigenvalue weighted by Gasteiger charge is -2.38. The van der Waals surface area contributed by atoms with E-state index < -0.39 is 0 Å². The van der Waals surface area contributed by atoms with Crippen molar-refractivity contribution in [2.45, 2.75) is 39.0 Å². The zero-order chi connectivity index (χ0) is 17.0. The van der Waals surface area contributed by atoms with Gasteiger partial charge >= 0.3 is 0 Å². The molecule has 24 heavy (non-hydrogen) atoms. The predicted octanol–water partition coefficient (Wildman–Crippen LogP) is 2.64. The lowest BCUT2D eigenvalue weighted by molar-refractivity contribution is -0.114. The van der Waals surface area contributed by atoms with E-state index in [1.54, 1.807) is 0 Å². The highest BCUT2D eigenvalue weighted by Crippen LogP contribution is 2.47. The number of carbonyl (C=O) groups excluding carboxylic acids is 1. The fourth-order valence-electron chi connectivity index (χ4n) is 3.81. The topological polar surface area (TPSA) is 56.7 Å². The number of hydrogen-bond donors (Lipinski definition) is 2. The Hall–Kier alpha value is -2.04. The average Bonchev–Trinajstić information content (AvgIpc) is 2.98. The maximum absolute atomic E-state index is 11.0. The zero-order valence-electron chi connectivity index (χ0n) is 14.8. The number of likely N-dealkylation sites (tertiary alicyclic amines) is 1. The first-order valence-corrected chi connectivity index (χ1v) is 8.92. The van der Waals surface area contributed by atoms with Crippen LogP contribution in [-0.4, -0.2) is 43.4 Å². The zero-order valence-corrected chi connectivity index (χ0v) is 14.8. The number of amides is 1. The summed E-state index contributed by atoms with van der Waals surface area (Å²) in [6.45, 7) is 4.69. The first-order chi connectivity index (χ1) is 11.6. The number of carbonyl (C=O) groups is 1. The predicted molar refractivity (Wildman–Crippen MR) is 98.3 cm³/mol. The van der Waals surface area contributed by atoms with Crippen molar-refractivity contribution in [3.8, 4) is 0 Å². The van der Waals surface area contributed by atoms with Crippen LogP contribution in [0.4, 0.5) is 5.69 Å². The van der Waals surface area contributed by atoms with Crippen molar-refractivity contribution in [3.05, 3.63) is 29.8 Å². The third-order valence-electron chi connectivity index (χ3n) is 5.33.